The number of hydrogen-bond donors (Lipinski definition) is 1. The number of fused-ring (bicyclic) bond motifs is 1. The van der Waals surface area contributed by atoms with Crippen LogP contribution in [-0.4, -0.2) is 6.04 Å². The van der Waals surface area contributed by atoms with E-state index < -0.39 is 11.7 Å². The molecule has 1 saturated carbocycles. The molecule has 0 radical (unpaired) electrons. The van der Waals surface area contributed by atoms with Crippen molar-refractivity contribution in [1.29, 1.82) is 0 Å². The summed E-state index contributed by atoms with van der Waals surface area (Å²) in [5.41, 5.74) is 1.18. The van der Waals surface area contributed by atoms with E-state index in [4.69, 9.17) is 0 Å². The van der Waals surface area contributed by atoms with Crippen molar-refractivity contribution < 1.29 is 13.2 Å². The van der Waals surface area contributed by atoms with E-state index in [1.165, 1.54) is 37.8 Å². The van der Waals surface area contributed by atoms with Crippen LogP contribution in [-0.2, 0) is 12.6 Å². The lowest BCUT2D eigenvalue weighted by molar-refractivity contribution is -0.137. The first-order valence-corrected chi connectivity index (χ1v) is 6.51. The lowest BCUT2D eigenvalue weighted by Gasteiger charge is -2.18. The van der Waals surface area contributed by atoms with E-state index in [9.17, 15) is 13.2 Å². The van der Waals surface area contributed by atoms with Crippen LogP contribution in [0.25, 0.3) is 0 Å². The maximum Gasteiger partial charge on any atom is 0.416 e. The van der Waals surface area contributed by atoms with Gasteiger partial charge in [-0.25, -0.2) is 0 Å². The van der Waals surface area contributed by atoms with Crippen LogP contribution < -0.4 is 5.32 Å². The zero-order valence-corrected chi connectivity index (χ0v) is 10.1. The SMILES string of the molecule is FC(F)(F)c1ccc2c(c1)CC(C1CCCC1)N2. The summed E-state index contributed by atoms with van der Waals surface area (Å²) >= 11 is 0. The molecular formula is C14H16F3N. The van der Waals surface area contributed by atoms with E-state index in [1.54, 1.807) is 6.07 Å². The second-order valence-electron chi connectivity index (χ2n) is 5.37. The van der Waals surface area contributed by atoms with Crippen LogP contribution in [0.15, 0.2) is 18.2 Å². The van der Waals surface area contributed by atoms with Gasteiger partial charge in [-0.3, -0.25) is 0 Å². The van der Waals surface area contributed by atoms with Crippen LogP contribution in [0.3, 0.4) is 0 Å². The molecule has 1 atom stereocenters. The van der Waals surface area contributed by atoms with Gasteiger partial charge in [0, 0.05) is 11.7 Å². The number of halogens is 3. The minimum Gasteiger partial charge on any atom is -0.381 e. The zero-order valence-electron chi connectivity index (χ0n) is 10.1. The van der Waals surface area contributed by atoms with Crippen molar-refractivity contribution in [3.63, 3.8) is 0 Å². The van der Waals surface area contributed by atoms with Crippen LogP contribution in [0.5, 0.6) is 0 Å². The fourth-order valence-electron chi connectivity index (χ4n) is 3.21. The zero-order chi connectivity index (χ0) is 12.8. The van der Waals surface area contributed by atoms with Crippen molar-refractivity contribution in [3.8, 4) is 0 Å². The minimum absolute atomic E-state index is 0.339. The van der Waals surface area contributed by atoms with Crippen LogP contribution in [0.2, 0.25) is 0 Å². The van der Waals surface area contributed by atoms with Crippen LogP contribution in [0.1, 0.15) is 36.8 Å². The number of benzene rings is 1. The number of rotatable bonds is 1. The van der Waals surface area contributed by atoms with Gasteiger partial charge in [-0.05, 0) is 48.9 Å². The summed E-state index contributed by atoms with van der Waals surface area (Å²) in [6.45, 7) is 0. The molecule has 0 amide bonds. The molecule has 1 fully saturated rings. The molecule has 0 bridgehead atoms. The highest BCUT2D eigenvalue weighted by Gasteiger charge is 2.34. The maximum absolute atomic E-state index is 12.6. The molecule has 18 heavy (non-hydrogen) atoms. The predicted octanol–water partition coefficient (Wildman–Crippen LogP) is 4.23. The topological polar surface area (TPSA) is 12.0 Å². The van der Waals surface area contributed by atoms with Gasteiger partial charge in [0.25, 0.3) is 0 Å². The van der Waals surface area contributed by atoms with Crippen LogP contribution in [0, 0.1) is 5.92 Å². The predicted molar refractivity (Wildman–Crippen MR) is 64.5 cm³/mol. The molecule has 1 heterocycles. The Balaban J connectivity index is 1.80. The molecule has 0 saturated heterocycles. The van der Waals surface area contributed by atoms with Gasteiger partial charge in [-0.15, -0.1) is 0 Å². The minimum atomic E-state index is -4.24. The molecular weight excluding hydrogens is 239 g/mol. The van der Waals surface area contributed by atoms with Gasteiger partial charge in [-0.2, -0.15) is 13.2 Å². The highest BCUT2D eigenvalue weighted by molar-refractivity contribution is 5.58. The Labute approximate surface area is 104 Å². The molecule has 1 aromatic carbocycles. The lowest BCUT2D eigenvalue weighted by atomic mass is 9.95. The average molecular weight is 255 g/mol. The van der Waals surface area contributed by atoms with E-state index in [-0.39, 0.29) is 0 Å². The van der Waals surface area contributed by atoms with Gasteiger partial charge in [0.05, 0.1) is 5.56 Å². The third-order valence-electron chi connectivity index (χ3n) is 4.18. The molecule has 1 unspecified atom stereocenters. The number of anilines is 1. The van der Waals surface area contributed by atoms with Crippen molar-refractivity contribution in [2.45, 2.75) is 44.3 Å². The van der Waals surface area contributed by atoms with Gasteiger partial charge in [0.1, 0.15) is 0 Å². The summed E-state index contributed by atoms with van der Waals surface area (Å²) in [7, 11) is 0. The normalized spacial score (nSPS) is 24.1. The molecule has 0 aromatic heterocycles. The van der Waals surface area contributed by atoms with Crippen molar-refractivity contribution in [2.75, 3.05) is 5.32 Å². The molecule has 1 aliphatic heterocycles. The van der Waals surface area contributed by atoms with Crippen molar-refractivity contribution >= 4 is 5.69 Å². The van der Waals surface area contributed by atoms with E-state index in [0.717, 1.165) is 17.7 Å². The molecule has 1 aromatic rings. The lowest BCUT2D eigenvalue weighted by Crippen LogP contribution is -2.24. The van der Waals surface area contributed by atoms with E-state index in [0.29, 0.717) is 12.0 Å². The summed E-state index contributed by atoms with van der Waals surface area (Å²) in [6, 6.07) is 4.39. The van der Waals surface area contributed by atoms with Crippen molar-refractivity contribution in [2.24, 2.45) is 5.92 Å². The van der Waals surface area contributed by atoms with E-state index >= 15 is 0 Å². The molecule has 1 N–H and O–H groups in total. The largest absolute Gasteiger partial charge is 0.416 e. The Bertz CT molecular complexity index is 447. The second-order valence-corrected chi connectivity index (χ2v) is 5.37. The highest BCUT2D eigenvalue weighted by Crippen LogP contribution is 2.39. The quantitative estimate of drug-likeness (QED) is 0.791. The summed E-state index contributed by atoms with van der Waals surface area (Å²) in [6.07, 6.45) is 1.43. The summed E-state index contributed by atoms with van der Waals surface area (Å²) < 4.78 is 37.9. The van der Waals surface area contributed by atoms with Crippen molar-refractivity contribution in [3.05, 3.63) is 29.3 Å². The number of hydrogen-bond acceptors (Lipinski definition) is 1. The summed E-state index contributed by atoms with van der Waals surface area (Å²) in [5.74, 6) is 0.631. The van der Waals surface area contributed by atoms with Gasteiger partial charge >= 0.3 is 6.18 Å². The van der Waals surface area contributed by atoms with Gasteiger partial charge < -0.3 is 5.32 Å². The molecule has 3 rings (SSSR count). The van der Waals surface area contributed by atoms with Crippen LogP contribution in [0.4, 0.5) is 18.9 Å². The van der Waals surface area contributed by atoms with E-state index in [1.807, 2.05) is 0 Å². The Kier molecular flexibility index (Phi) is 2.76. The Morgan fingerprint density at radius 1 is 1.11 bits per heavy atom. The highest BCUT2D eigenvalue weighted by atomic mass is 19.4. The molecule has 98 valence electrons. The molecule has 4 heteroatoms. The molecule has 1 nitrogen and oxygen atoms in total. The van der Waals surface area contributed by atoms with Gasteiger partial charge in [-0.1, -0.05) is 12.8 Å². The standard InChI is InChI=1S/C14H16F3N/c15-14(16,17)11-5-6-12-10(7-11)8-13(18-12)9-3-1-2-4-9/h5-7,9,13,18H,1-4,8H2. The third kappa shape index (κ3) is 2.08. The smallest absolute Gasteiger partial charge is 0.381 e. The Morgan fingerprint density at radius 3 is 2.50 bits per heavy atom. The first-order chi connectivity index (χ1) is 8.54. The maximum atomic E-state index is 12.6. The first kappa shape index (κ1) is 11.9. The summed E-state index contributed by atoms with van der Waals surface area (Å²) in [5, 5.41) is 3.39. The summed E-state index contributed by atoms with van der Waals surface area (Å²) in [4.78, 5) is 0. The number of nitrogens with one attached hydrogen (secondary N) is 1. The number of alkyl halides is 3. The monoisotopic (exact) mass is 255 g/mol. The average Bonchev–Trinajstić information content (AvgIpc) is 2.95. The molecule has 2 aliphatic rings. The van der Waals surface area contributed by atoms with E-state index in [2.05, 4.69) is 5.32 Å². The van der Waals surface area contributed by atoms with Gasteiger partial charge in [0.15, 0.2) is 0 Å². The third-order valence-corrected chi connectivity index (χ3v) is 4.18. The molecule has 0 spiro atoms. The fourth-order valence-corrected chi connectivity index (χ4v) is 3.21. The Morgan fingerprint density at radius 2 is 1.83 bits per heavy atom. The Hall–Kier alpha value is -1.19. The van der Waals surface area contributed by atoms with Gasteiger partial charge in [0.2, 0.25) is 0 Å². The first-order valence-electron chi connectivity index (χ1n) is 6.51. The fraction of sp³-hybridized carbons (Fsp3) is 0.571. The molecule has 1 aliphatic carbocycles. The second kappa shape index (κ2) is 4.18. The van der Waals surface area contributed by atoms with Crippen molar-refractivity contribution in [1.82, 2.24) is 0 Å². The van der Waals surface area contributed by atoms with Crippen LogP contribution >= 0.6 is 0 Å².